The molecule has 0 aliphatic heterocycles. The van der Waals surface area contributed by atoms with Gasteiger partial charge in [-0.15, -0.1) is 13.2 Å². The topological polar surface area (TPSA) is 18.5 Å². The molecule has 0 atom stereocenters. The molecule has 0 aromatic heterocycles. The van der Waals surface area contributed by atoms with Crippen molar-refractivity contribution in [3.63, 3.8) is 0 Å². The fraction of sp³-hybridized carbons (Fsp3) is 0.111. The first-order valence-electron chi connectivity index (χ1n) is 7.04. The standard InChI is InChI=1S/C18H20O2P2/c1-3-15-19-22(20-16-4-2)21(17-11-7-5-8-12-17)18-13-9-6-10-14-18/h3-14H,1-2,15-16H2. The van der Waals surface area contributed by atoms with E-state index < -0.39 is 15.7 Å². The highest BCUT2D eigenvalue weighted by Gasteiger charge is 2.27. The van der Waals surface area contributed by atoms with Gasteiger partial charge >= 0.3 is 0 Å². The van der Waals surface area contributed by atoms with Crippen molar-refractivity contribution in [1.29, 1.82) is 0 Å². The molecule has 22 heavy (non-hydrogen) atoms. The Morgan fingerprint density at radius 2 is 1.14 bits per heavy atom. The summed E-state index contributed by atoms with van der Waals surface area (Å²) in [4.78, 5) is 0. The SMILES string of the molecule is C=CCOP(OCC=C)P(c1ccccc1)c1ccccc1. The Hall–Kier alpha value is -1.30. The highest BCUT2D eigenvalue weighted by molar-refractivity contribution is 8.32. The van der Waals surface area contributed by atoms with Crippen LogP contribution in [0.2, 0.25) is 0 Å². The van der Waals surface area contributed by atoms with Crippen LogP contribution in [-0.4, -0.2) is 13.2 Å². The lowest BCUT2D eigenvalue weighted by Crippen LogP contribution is -2.12. The zero-order valence-electron chi connectivity index (χ0n) is 12.5. The van der Waals surface area contributed by atoms with Crippen LogP contribution < -0.4 is 10.6 Å². The van der Waals surface area contributed by atoms with Gasteiger partial charge in [-0.3, -0.25) is 0 Å². The molecule has 2 aromatic rings. The molecular weight excluding hydrogens is 310 g/mol. The number of hydrogen-bond acceptors (Lipinski definition) is 2. The van der Waals surface area contributed by atoms with Gasteiger partial charge in [-0.05, 0) is 10.6 Å². The number of benzene rings is 2. The van der Waals surface area contributed by atoms with E-state index in [2.05, 4.69) is 61.7 Å². The Bertz CT molecular complexity index is 521. The number of rotatable bonds is 9. The third kappa shape index (κ3) is 4.87. The van der Waals surface area contributed by atoms with Crippen LogP contribution in [0.5, 0.6) is 0 Å². The summed E-state index contributed by atoms with van der Waals surface area (Å²) in [7, 11) is -1.78. The van der Waals surface area contributed by atoms with Crippen LogP contribution in [0, 0.1) is 0 Å². The largest absolute Gasteiger partial charge is 0.326 e. The van der Waals surface area contributed by atoms with E-state index in [4.69, 9.17) is 9.05 Å². The van der Waals surface area contributed by atoms with Gasteiger partial charge in [0, 0.05) is 7.61 Å². The van der Waals surface area contributed by atoms with Gasteiger partial charge in [0.1, 0.15) is 0 Å². The fourth-order valence-corrected chi connectivity index (χ4v) is 7.24. The van der Waals surface area contributed by atoms with E-state index in [0.29, 0.717) is 13.2 Å². The summed E-state index contributed by atoms with van der Waals surface area (Å²) in [6.07, 6.45) is 3.52. The van der Waals surface area contributed by atoms with Crippen LogP contribution in [0.1, 0.15) is 0 Å². The summed E-state index contributed by atoms with van der Waals surface area (Å²) in [5.41, 5.74) is 0. The van der Waals surface area contributed by atoms with Crippen LogP contribution in [0.4, 0.5) is 0 Å². The van der Waals surface area contributed by atoms with Crippen molar-refractivity contribution in [3.05, 3.63) is 86.0 Å². The summed E-state index contributed by atoms with van der Waals surface area (Å²) in [5.74, 6) is 0. The molecule has 0 radical (unpaired) electrons. The summed E-state index contributed by atoms with van der Waals surface area (Å²) in [6.45, 7) is 8.44. The second-order valence-electron chi connectivity index (χ2n) is 4.39. The third-order valence-corrected chi connectivity index (χ3v) is 8.47. The highest BCUT2D eigenvalue weighted by Crippen LogP contribution is 2.68. The predicted octanol–water partition coefficient (Wildman–Crippen LogP) is 4.75. The summed E-state index contributed by atoms with van der Waals surface area (Å²) < 4.78 is 11.9. The van der Waals surface area contributed by atoms with Crippen molar-refractivity contribution in [2.75, 3.05) is 13.2 Å². The smallest absolute Gasteiger partial charge is 0.205 e. The summed E-state index contributed by atoms with van der Waals surface area (Å²) >= 11 is 0. The minimum Gasteiger partial charge on any atom is -0.326 e. The molecule has 4 heteroatoms. The Morgan fingerprint density at radius 3 is 1.50 bits per heavy atom. The molecule has 0 heterocycles. The molecule has 0 fully saturated rings. The maximum Gasteiger partial charge on any atom is 0.205 e. The van der Waals surface area contributed by atoms with Gasteiger partial charge < -0.3 is 9.05 Å². The quantitative estimate of drug-likeness (QED) is 0.488. The minimum atomic E-state index is -1.07. The van der Waals surface area contributed by atoms with Crippen molar-refractivity contribution < 1.29 is 9.05 Å². The van der Waals surface area contributed by atoms with Crippen molar-refractivity contribution in [2.45, 2.75) is 0 Å². The maximum absolute atomic E-state index is 5.97. The Balaban J connectivity index is 2.36. The molecule has 0 amide bonds. The van der Waals surface area contributed by atoms with Crippen LogP contribution in [0.15, 0.2) is 86.0 Å². The molecule has 0 spiro atoms. The molecule has 0 bridgehead atoms. The molecule has 2 aromatic carbocycles. The van der Waals surface area contributed by atoms with E-state index in [9.17, 15) is 0 Å². The van der Waals surface area contributed by atoms with Crippen LogP contribution in [0.25, 0.3) is 0 Å². The third-order valence-electron chi connectivity index (χ3n) is 2.77. The summed E-state index contributed by atoms with van der Waals surface area (Å²) in [6, 6.07) is 20.9. The molecule has 0 saturated heterocycles. The Labute approximate surface area is 135 Å². The predicted molar refractivity (Wildman–Crippen MR) is 98.3 cm³/mol. The van der Waals surface area contributed by atoms with Crippen molar-refractivity contribution in [2.24, 2.45) is 0 Å². The van der Waals surface area contributed by atoms with Gasteiger partial charge in [-0.1, -0.05) is 72.8 Å². The molecule has 2 nitrogen and oxygen atoms in total. The van der Waals surface area contributed by atoms with E-state index in [1.165, 1.54) is 10.6 Å². The monoisotopic (exact) mass is 330 g/mol. The van der Waals surface area contributed by atoms with E-state index in [0.717, 1.165) is 0 Å². The lowest BCUT2D eigenvalue weighted by atomic mass is 10.4. The first kappa shape index (κ1) is 17.1. The second kappa shape index (κ2) is 9.66. The molecule has 114 valence electrons. The van der Waals surface area contributed by atoms with E-state index in [1.807, 2.05) is 12.1 Å². The van der Waals surface area contributed by atoms with Gasteiger partial charge in [-0.2, -0.15) is 0 Å². The van der Waals surface area contributed by atoms with Crippen molar-refractivity contribution in [3.8, 4) is 0 Å². The van der Waals surface area contributed by atoms with Gasteiger partial charge in [0.05, 0.1) is 13.2 Å². The van der Waals surface area contributed by atoms with Gasteiger partial charge in [-0.25, -0.2) is 0 Å². The zero-order chi connectivity index (χ0) is 15.6. The van der Waals surface area contributed by atoms with Gasteiger partial charge in [0.2, 0.25) is 8.06 Å². The number of hydrogen-bond donors (Lipinski definition) is 0. The average molecular weight is 330 g/mol. The van der Waals surface area contributed by atoms with E-state index >= 15 is 0 Å². The molecule has 0 saturated carbocycles. The van der Waals surface area contributed by atoms with Crippen LogP contribution in [0.3, 0.4) is 0 Å². The summed E-state index contributed by atoms with van der Waals surface area (Å²) in [5, 5.41) is 2.51. The average Bonchev–Trinajstić information content (AvgIpc) is 2.59. The van der Waals surface area contributed by atoms with E-state index in [1.54, 1.807) is 12.2 Å². The van der Waals surface area contributed by atoms with Gasteiger partial charge in [0.15, 0.2) is 0 Å². The van der Waals surface area contributed by atoms with Crippen LogP contribution in [-0.2, 0) is 9.05 Å². The minimum absolute atomic E-state index is 0.487. The fourth-order valence-electron chi connectivity index (χ4n) is 1.86. The van der Waals surface area contributed by atoms with Crippen molar-refractivity contribution >= 4 is 26.3 Å². The molecule has 0 unspecified atom stereocenters. The molecule has 0 aliphatic carbocycles. The van der Waals surface area contributed by atoms with Gasteiger partial charge in [0.25, 0.3) is 0 Å². The maximum atomic E-state index is 5.97. The van der Waals surface area contributed by atoms with Crippen LogP contribution >= 0.6 is 15.7 Å². The first-order valence-corrected chi connectivity index (χ1v) is 10.3. The zero-order valence-corrected chi connectivity index (χ0v) is 14.3. The molecule has 0 aliphatic rings. The van der Waals surface area contributed by atoms with E-state index in [-0.39, 0.29) is 0 Å². The second-order valence-corrected chi connectivity index (χ2v) is 9.22. The lowest BCUT2D eigenvalue weighted by molar-refractivity contribution is 0.304. The Morgan fingerprint density at radius 1 is 0.727 bits per heavy atom. The highest BCUT2D eigenvalue weighted by atomic mass is 32.1. The lowest BCUT2D eigenvalue weighted by Gasteiger charge is -2.26. The molecular formula is C18H20O2P2. The first-order chi connectivity index (χ1) is 10.9. The Kier molecular flexibility index (Phi) is 7.49. The van der Waals surface area contributed by atoms with Crippen molar-refractivity contribution in [1.82, 2.24) is 0 Å². The normalized spacial score (nSPS) is 10.8. The molecule has 2 rings (SSSR count). The molecule has 0 N–H and O–H groups in total.